The van der Waals surface area contributed by atoms with Crippen molar-refractivity contribution in [1.29, 1.82) is 0 Å². The van der Waals surface area contributed by atoms with E-state index in [9.17, 15) is 4.79 Å². The molecule has 0 aromatic heterocycles. The van der Waals surface area contributed by atoms with Gasteiger partial charge < -0.3 is 23.7 Å². The van der Waals surface area contributed by atoms with Crippen LogP contribution in [-0.2, 0) is 23.7 Å². The molecule has 0 saturated carbocycles. The van der Waals surface area contributed by atoms with E-state index in [2.05, 4.69) is 0 Å². The normalized spacial score (nSPS) is 17.4. The van der Waals surface area contributed by atoms with Gasteiger partial charge in [-0.15, -0.1) is 0 Å². The average molecular weight is 206 g/mol. The maximum Gasteiger partial charge on any atom is 0.151 e. The molecule has 3 atom stereocenters. The molecule has 0 aliphatic carbocycles. The molecule has 0 fully saturated rings. The molecule has 5 heteroatoms. The van der Waals surface area contributed by atoms with Crippen LogP contribution in [0.5, 0.6) is 0 Å². The zero-order valence-electron chi connectivity index (χ0n) is 9.06. The van der Waals surface area contributed by atoms with E-state index in [0.717, 1.165) is 0 Å². The van der Waals surface area contributed by atoms with Crippen molar-refractivity contribution < 1.29 is 23.7 Å². The van der Waals surface area contributed by atoms with Crippen molar-refractivity contribution in [2.75, 3.05) is 35.0 Å². The van der Waals surface area contributed by atoms with Gasteiger partial charge in [0.15, 0.2) is 6.29 Å². The smallest absolute Gasteiger partial charge is 0.151 e. The highest BCUT2D eigenvalue weighted by Gasteiger charge is 2.29. The quantitative estimate of drug-likeness (QED) is 0.518. The summed E-state index contributed by atoms with van der Waals surface area (Å²) in [6, 6.07) is 0. The second-order valence-corrected chi connectivity index (χ2v) is 2.77. The van der Waals surface area contributed by atoms with E-state index in [1.807, 2.05) is 0 Å². The number of methoxy groups -OCH3 is 4. The molecular weight excluding hydrogens is 188 g/mol. The van der Waals surface area contributed by atoms with E-state index >= 15 is 0 Å². The van der Waals surface area contributed by atoms with Crippen LogP contribution in [0.2, 0.25) is 0 Å². The Morgan fingerprint density at radius 2 is 1.71 bits per heavy atom. The Morgan fingerprint density at radius 1 is 1.07 bits per heavy atom. The van der Waals surface area contributed by atoms with Gasteiger partial charge in [0.05, 0.1) is 6.61 Å². The third-order valence-corrected chi connectivity index (χ3v) is 2.00. The molecule has 0 bridgehead atoms. The molecule has 0 amide bonds. The Balaban J connectivity index is 4.38. The van der Waals surface area contributed by atoms with Gasteiger partial charge in [-0.3, -0.25) is 0 Å². The highest BCUT2D eigenvalue weighted by atomic mass is 16.6. The van der Waals surface area contributed by atoms with E-state index < -0.39 is 12.2 Å². The zero-order valence-corrected chi connectivity index (χ0v) is 9.06. The van der Waals surface area contributed by atoms with Crippen LogP contribution in [0.1, 0.15) is 0 Å². The molecule has 0 aliphatic heterocycles. The van der Waals surface area contributed by atoms with Crippen molar-refractivity contribution in [1.82, 2.24) is 0 Å². The highest BCUT2D eigenvalue weighted by molar-refractivity contribution is 5.57. The standard InChI is InChI=1S/C9H18O5/c1-11-6-8(13-3)9(14-4)7(5-10)12-2/h5,7-9H,6H2,1-4H3. The summed E-state index contributed by atoms with van der Waals surface area (Å²) >= 11 is 0. The molecule has 14 heavy (non-hydrogen) atoms. The minimum atomic E-state index is -0.639. The first-order valence-electron chi connectivity index (χ1n) is 4.27. The van der Waals surface area contributed by atoms with Gasteiger partial charge in [-0.2, -0.15) is 0 Å². The van der Waals surface area contributed by atoms with Gasteiger partial charge in [0.2, 0.25) is 0 Å². The molecule has 0 rings (SSSR count). The number of hydrogen-bond acceptors (Lipinski definition) is 5. The van der Waals surface area contributed by atoms with Crippen LogP contribution in [0.4, 0.5) is 0 Å². The first kappa shape index (κ1) is 13.5. The molecule has 5 nitrogen and oxygen atoms in total. The molecule has 0 radical (unpaired) electrons. The summed E-state index contributed by atoms with van der Waals surface area (Å²) in [4.78, 5) is 10.7. The van der Waals surface area contributed by atoms with Crippen molar-refractivity contribution in [2.24, 2.45) is 0 Å². The number of carbonyl (C=O) groups excluding carboxylic acids is 1. The summed E-state index contributed by atoms with van der Waals surface area (Å²) < 4.78 is 20.2. The molecule has 84 valence electrons. The van der Waals surface area contributed by atoms with Crippen LogP contribution in [-0.4, -0.2) is 59.6 Å². The zero-order chi connectivity index (χ0) is 11.0. The second-order valence-electron chi connectivity index (χ2n) is 2.77. The Bertz CT molecular complexity index is 150. The van der Waals surface area contributed by atoms with Gasteiger partial charge in [-0.25, -0.2) is 0 Å². The van der Waals surface area contributed by atoms with Crippen molar-refractivity contribution in [2.45, 2.75) is 18.3 Å². The van der Waals surface area contributed by atoms with Gasteiger partial charge in [0.25, 0.3) is 0 Å². The minimum absolute atomic E-state index is 0.319. The van der Waals surface area contributed by atoms with Gasteiger partial charge in [0.1, 0.15) is 18.3 Å². The lowest BCUT2D eigenvalue weighted by Gasteiger charge is -2.27. The molecule has 0 aromatic rings. The van der Waals surface area contributed by atoms with Crippen LogP contribution in [0.15, 0.2) is 0 Å². The summed E-state index contributed by atoms with van der Waals surface area (Å²) in [7, 11) is 6.04. The van der Waals surface area contributed by atoms with E-state index in [4.69, 9.17) is 18.9 Å². The van der Waals surface area contributed by atoms with Crippen LogP contribution in [0.25, 0.3) is 0 Å². The van der Waals surface area contributed by atoms with Gasteiger partial charge in [-0.05, 0) is 0 Å². The molecule has 0 spiro atoms. The van der Waals surface area contributed by atoms with Crippen LogP contribution >= 0.6 is 0 Å². The van der Waals surface area contributed by atoms with Gasteiger partial charge >= 0.3 is 0 Å². The van der Waals surface area contributed by atoms with Crippen LogP contribution in [0.3, 0.4) is 0 Å². The molecule has 0 aromatic carbocycles. The number of carbonyl (C=O) groups is 1. The molecule has 0 aliphatic rings. The Kier molecular flexibility index (Phi) is 7.60. The van der Waals surface area contributed by atoms with Gasteiger partial charge in [-0.1, -0.05) is 0 Å². The van der Waals surface area contributed by atoms with Crippen molar-refractivity contribution in [3.05, 3.63) is 0 Å². The summed E-state index contributed by atoms with van der Waals surface area (Å²) in [5, 5.41) is 0. The first-order valence-corrected chi connectivity index (χ1v) is 4.27. The predicted molar refractivity (Wildman–Crippen MR) is 50.3 cm³/mol. The molecule has 3 unspecified atom stereocenters. The summed E-state index contributed by atoms with van der Waals surface area (Å²) in [5.41, 5.74) is 0. The lowest BCUT2D eigenvalue weighted by Crippen LogP contribution is -2.44. The summed E-state index contributed by atoms with van der Waals surface area (Å²) in [6.07, 6.45) is -0.724. The topological polar surface area (TPSA) is 54.0 Å². The predicted octanol–water partition coefficient (Wildman–Crippen LogP) is -0.123. The molecule has 0 heterocycles. The maximum absolute atomic E-state index is 10.7. The Morgan fingerprint density at radius 3 is 2.00 bits per heavy atom. The third-order valence-electron chi connectivity index (χ3n) is 2.00. The lowest BCUT2D eigenvalue weighted by atomic mass is 10.1. The van der Waals surface area contributed by atoms with Gasteiger partial charge in [0, 0.05) is 28.4 Å². The van der Waals surface area contributed by atoms with Crippen molar-refractivity contribution in [3.8, 4) is 0 Å². The van der Waals surface area contributed by atoms with Crippen molar-refractivity contribution >= 4 is 6.29 Å². The lowest BCUT2D eigenvalue weighted by molar-refractivity contribution is -0.142. The number of hydrogen-bond donors (Lipinski definition) is 0. The number of aldehydes is 1. The minimum Gasteiger partial charge on any atom is -0.382 e. The molecular formula is C9H18O5. The van der Waals surface area contributed by atoms with Crippen LogP contribution in [0, 0.1) is 0 Å². The van der Waals surface area contributed by atoms with E-state index in [-0.39, 0.29) is 6.10 Å². The van der Waals surface area contributed by atoms with E-state index in [1.165, 1.54) is 21.3 Å². The fourth-order valence-corrected chi connectivity index (χ4v) is 1.23. The highest BCUT2D eigenvalue weighted by Crippen LogP contribution is 2.09. The molecule has 0 saturated heterocycles. The summed E-state index contributed by atoms with van der Waals surface area (Å²) in [5.74, 6) is 0. The second kappa shape index (κ2) is 7.87. The van der Waals surface area contributed by atoms with Crippen molar-refractivity contribution in [3.63, 3.8) is 0 Å². The third kappa shape index (κ3) is 3.71. The van der Waals surface area contributed by atoms with E-state index in [1.54, 1.807) is 7.11 Å². The Labute approximate surface area is 84.3 Å². The maximum atomic E-state index is 10.7. The Hall–Kier alpha value is -0.490. The summed E-state index contributed by atoms with van der Waals surface area (Å²) in [6.45, 7) is 0.350. The SMILES string of the molecule is COCC(OC)C(OC)C(C=O)OC. The number of ether oxygens (including phenoxy) is 4. The fraction of sp³-hybridized carbons (Fsp3) is 0.889. The largest absolute Gasteiger partial charge is 0.382 e. The molecule has 0 N–H and O–H groups in total. The fourth-order valence-electron chi connectivity index (χ4n) is 1.23. The van der Waals surface area contributed by atoms with Crippen LogP contribution < -0.4 is 0 Å². The number of rotatable bonds is 8. The monoisotopic (exact) mass is 206 g/mol. The van der Waals surface area contributed by atoms with E-state index in [0.29, 0.717) is 12.9 Å². The average Bonchev–Trinajstić information content (AvgIpc) is 2.23. The first-order chi connectivity index (χ1) is 6.74.